The van der Waals surface area contributed by atoms with Gasteiger partial charge < -0.3 is 4.43 Å². The van der Waals surface area contributed by atoms with Gasteiger partial charge in [-0.15, -0.1) is 0 Å². The second-order valence-corrected chi connectivity index (χ2v) is 13.2. The first-order chi connectivity index (χ1) is 9.13. The van der Waals surface area contributed by atoms with Crippen LogP contribution in [0.1, 0.15) is 40.5 Å². The molecule has 0 aromatic rings. The summed E-state index contributed by atoms with van der Waals surface area (Å²) in [6.45, 7) is 16.1. The second-order valence-electron chi connectivity index (χ2n) is 7.24. The summed E-state index contributed by atoms with van der Waals surface area (Å²) >= 11 is 1.46. The highest BCUT2D eigenvalue weighted by Gasteiger charge is 2.37. The van der Waals surface area contributed by atoms with E-state index in [0.717, 1.165) is 25.4 Å². The highest BCUT2D eigenvalue weighted by molar-refractivity contribution is 8.13. The van der Waals surface area contributed by atoms with E-state index >= 15 is 0 Å². The molecule has 1 atom stereocenters. The van der Waals surface area contributed by atoms with Crippen LogP contribution in [0.3, 0.4) is 0 Å². The molecule has 1 heterocycles. The van der Waals surface area contributed by atoms with Crippen molar-refractivity contribution in [3.8, 4) is 0 Å². The molecule has 0 amide bonds. The van der Waals surface area contributed by atoms with Crippen LogP contribution in [-0.4, -0.2) is 49.8 Å². The maximum absolute atomic E-state index is 11.1. The Hall–Kier alpha value is 0.157. The van der Waals surface area contributed by atoms with E-state index in [4.69, 9.17) is 4.43 Å². The van der Waals surface area contributed by atoms with Crippen molar-refractivity contribution in [1.82, 2.24) is 4.90 Å². The Morgan fingerprint density at radius 2 is 2.05 bits per heavy atom. The Balaban J connectivity index is 2.35. The number of carbonyl (C=O) groups is 1. The number of carbonyl (C=O) groups excluding carboxylic acids is 1. The van der Waals surface area contributed by atoms with Crippen LogP contribution >= 0.6 is 11.8 Å². The van der Waals surface area contributed by atoms with Crippen molar-refractivity contribution < 1.29 is 9.22 Å². The van der Waals surface area contributed by atoms with Gasteiger partial charge in [0.25, 0.3) is 0 Å². The molecular weight excluding hydrogens is 286 g/mol. The Kier molecular flexibility index (Phi) is 6.76. The standard InChI is InChI=1S/C15H31NO2SSi/c1-13(17)19-12-14-8-7-9-16(14)10-11-18-20(5,6)15(2,3)4/h14H,7-12H2,1-6H3/t14-/m0/s1. The molecule has 1 aliphatic heterocycles. The number of hydrogen-bond donors (Lipinski definition) is 0. The largest absolute Gasteiger partial charge is 0.416 e. The van der Waals surface area contributed by atoms with Gasteiger partial charge in [-0.2, -0.15) is 0 Å². The van der Waals surface area contributed by atoms with Gasteiger partial charge in [-0.05, 0) is 37.5 Å². The molecule has 0 N–H and O–H groups in total. The maximum atomic E-state index is 11.1. The lowest BCUT2D eigenvalue weighted by atomic mass is 10.2. The average molecular weight is 318 g/mol. The van der Waals surface area contributed by atoms with E-state index in [1.54, 1.807) is 6.92 Å². The molecule has 0 spiro atoms. The van der Waals surface area contributed by atoms with E-state index in [-0.39, 0.29) is 10.2 Å². The molecule has 5 heteroatoms. The minimum Gasteiger partial charge on any atom is -0.416 e. The van der Waals surface area contributed by atoms with Crippen molar-refractivity contribution in [2.45, 2.75) is 64.7 Å². The molecule has 1 saturated heterocycles. The molecule has 118 valence electrons. The molecule has 0 aromatic heterocycles. The average Bonchev–Trinajstić information content (AvgIpc) is 2.72. The predicted octanol–water partition coefficient (Wildman–Crippen LogP) is 3.75. The number of thioether (sulfide) groups is 1. The first-order valence-corrected chi connectivity index (χ1v) is 11.5. The summed E-state index contributed by atoms with van der Waals surface area (Å²) in [6, 6.07) is 0.562. The monoisotopic (exact) mass is 317 g/mol. The summed E-state index contributed by atoms with van der Waals surface area (Å²) < 4.78 is 6.25. The van der Waals surface area contributed by atoms with E-state index in [0.29, 0.717) is 6.04 Å². The van der Waals surface area contributed by atoms with Crippen molar-refractivity contribution in [1.29, 1.82) is 0 Å². The summed E-state index contributed by atoms with van der Waals surface area (Å²) in [4.78, 5) is 13.6. The van der Waals surface area contributed by atoms with Crippen molar-refractivity contribution >= 4 is 25.2 Å². The van der Waals surface area contributed by atoms with Crippen molar-refractivity contribution in [3.05, 3.63) is 0 Å². The highest BCUT2D eigenvalue weighted by atomic mass is 32.2. The number of nitrogens with zero attached hydrogens (tertiary/aromatic N) is 1. The van der Waals surface area contributed by atoms with Gasteiger partial charge in [-0.3, -0.25) is 9.69 Å². The number of likely N-dealkylation sites (tertiary alicyclic amines) is 1. The van der Waals surface area contributed by atoms with Gasteiger partial charge in [0.1, 0.15) is 0 Å². The molecule has 0 aliphatic carbocycles. The Labute approximate surface area is 130 Å². The van der Waals surface area contributed by atoms with E-state index in [1.165, 1.54) is 24.6 Å². The molecule has 20 heavy (non-hydrogen) atoms. The smallest absolute Gasteiger partial charge is 0.192 e. The van der Waals surface area contributed by atoms with Gasteiger partial charge in [0.2, 0.25) is 0 Å². The third-order valence-electron chi connectivity index (χ3n) is 4.63. The molecule has 0 radical (unpaired) electrons. The minimum atomic E-state index is -1.62. The van der Waals surface area contributed by atoms with E-state index in [9.17, 15) is 4.79 Å². The van der Waals surface area contributed by atoms with Gasteiger partial charge in [0.05, 0.1) is 0 Å². The fourth-order valence-electron chi connectivity index (χ4n) is 2.23. The maximum Gasteiger partial charge on any atom is 0.192 e. The van der Waals surface area contributed by atoms with E-state index in [1.807, 2.05) is 0 Å². The topological polar surface area (TPSA) is 29.5 Å². The lowest BCUT2D eigenvalue weighted by Crippen LogP contribution is -2.43. The van der Waals surface area contributed by atoms with Crippen molar-refractivity contribution in [3.63, 3.8) is 0 Å². The number of hydrogen-bond acceptors (Lipinski definition) is 4. The minimum absolute atomic E-state index is 0.231. The van der Waals surface area contributed by atoms with Gasteiger partial charge in [0, 0.05) is 31.9 Å². The van der Waals surface area contributed by atoms with Gasteiger partial charge in [-0.1, -0.05) is 32.5 Å². The van der Waals surface area contributed by atoms with Crippen LogP contribution < -0.4 is 0 Å². The summed E-state index contributed by atoms with van der Waals surface area (Å²) in [5.41, 5.74) is 0. The SMILES string of the molecule is CC(=O)SC[C@@H]1CCCN1CCO[Si](C)(C)C(C)(C)C. The zero-order valence-corrected chi connectivity index (χ0v) is 15.8. The van der Waals surface area contributed by atoms with Gasteiger partial charge in [0.15, 0.2) is 13.4 Å². The Morgan fingerprint density at radius 1 is 1.40 bits per heavy atom. The molecule has 0 aromatic carbocycles. The zero-order chi connectivity index (χ0) is 15.4. The molecular formula is C15H31NO2SSi. The van der Waals surface area contributed by atoms with Crippen LogP contribution in [0.5, 0.6) is 0 Å². The Bertz CT molecular complexity index is 328. The zero-order valence-electron chi connectivity index (χ0n) is 14.0. The Morgan fingerprint density at radius 3 is 2.60 bits per heavy atom. The third kappa shape index (κ3) is 5.51. The van der Waals surface area contributed by atoms with Crippen LogP contribution in [0, 0.1) is 0 Å². The number of rotatable bonds is 6. The molecule has 0 bridgehead atoms. The van der Waals surface area contributed by atoms with Crippen LogP contribution in [-0.2, 0) is 9.22 Å². The summed E-state index contributed by atoms with van der Waals surface area (Å²) in [7, 11) is -1.62. The normalized spacial score (nSPS) is 21.4. The fourth-order valence-corrected chi connectivity index (χ4v) is 4.07. The van der Waals surface area contributed by atoms with Crippen LogP contribution in [0.15, 0.2) is 0 Å². The molecule has 3 nitrogen and oxygen atoms in total. The molecule has 1 aliphatic rings. The molecule has 0 unspecified atom stereocenters. The molecule has 1 fully saturated rings. The molecule has 1 rings (SSSR count). The van der Waals surface area contributed by atoms with Gasteiger partial charge >= 0.3 is 0 Å². The fraction of sp³-hybridized carbons (Fsp3) is 0.933. The lowest BCUT2D eigenvalue weighted by Gasteiger charge is -2.37. The van der Waals surface area contributed by atoms with E-state index in [2.05, 4.69) is 38.8 Å². The van der Waals surface area contributed by atoms with Crippen molar-refractivity contribution in [2.24, 2.45) is 0 Å². The lowest BCUT2D eigenvalue weighted by molar-refractivity contribution is -0.109. The van der Waals surface area contributed by atoms with Crippen LogP contribution in [0.4, 0.5) is 0 Å². The predicted molar refractivity (Wildman–Crippen MR) is 90.9 cm³/mol. The van der Waals surface area contributed by atoms with Gasteiger partial charge in [-0.25, -0.2) is 0 Å². The summed E-state index contributed by atoms with van der Waals surface area (Å²) in [6.07, 6.45) is 2.48. The summed E-state index contributed by atoms with van der Waals surface area (Å²) in [5, 5.41) is 0.511. The van der Waals surface area contributed by atoms with Crippen molar-refractivity contribution in [2.75, 3.05) is 25.4 Å². The first-order valence-electron chi connectivity index (χ1n) is 7.65. The first kappa shape index (κ1) is 18.2. The molecule has 0 saturated carbocycles. The summed E-state index contributed by atoms with van der Waals surface area (Å²) in [5.74, 6) is 0.940. The second kappa shape index (κ2) is 7.43. The third-order valence-corrected chi connectivity index (χ3v) is 10.1. The van der Waals surface area contributed by atoms with E-state index < -0.39 is 8.32 Å². The quantitative estimate of drug-likeness (QED) is 0.698. The highest BCUT2D eigenvalue weighted by Crippen LogP contribution is 2.36. The van der Waals surface area contributed by atoms with Crippen LogP contribution in [0.25, 0.3) is 0 Å². The van der Waals surface area contributed by atoms with Crippen LogP contribution in [0.2, 0.25) is 18.1 Å².